The topological polar surface area (TPSA) is 98.5 Å². The number of nitro benzene ring substituents is 1. The summed E-state index contributed by atoms with van der Waals surface area (Å²) in [6.45, 7) is 1.41. The number of amides is 1. The molecule has 0 aliphatic rings. The van der Waals surface area contributed by atoms with Crippen molar-refractivity contribution in [1.29, 1.82) is 0 Å². The number of fused-ring (bicyclic) bond motifs is 1. The molecule has 0 aliphatic carbocycles. The Hall–Kier alpha value is -3.74. The van der Waals surface area contributed by atoms with Crippen molar-refractivity contribution in [2.75, 3.05) is 5.32 Å². The lowest BCUT2D eigenvalue weighted by Crippen LogP contribution is -2.30. The van der Waals surface area contributed by atoms with Gasteiger partial charge < -0.3 is 10.1 Å². The molecule has 0 radical (unpaired) electrons. The maximum Gasteiger partial charge on any atom is 0.338 e. The van der Waals surface area contributed by atoms with Crippen LogP contribution >= 0.6 is 0 Å². The Morgan fingerprint density at radius 2 is 1.67 bits per heavy atom. The van der Waals surface area contributed by atoms with Crippen molar-refractivity contribution in [3.63, 3.8) is 0 Å². The molecule has 0 aromatic heterocycles. The molecule has 1 amide bonds. The molecule has 0 heterocycles. The van der Waals surface area contributed by atoms with Gasteiger partial charge in [0, 0.05) is 6.07 Å². The molecule has 1 atom stereocenters. The molecule has 27 heavy (non-hydrogen) atoms. The summed E-state index contributed by atoms with van der Waals surface area (Å²) in [5, 5.41) is 15.3. The minimum absolute atomic E-state index is 0.0427. The lowest BCUT2D eigenvalue weighted by atomic mass is 10.1. The normalized spacial score (nSPS) is 11.6. The van der Waals surface area contributed by atoms with E-state index in [2.05, 4.69) is 5.32 Å². The molecular formula is C20H16N2O5. The molecule has 0 unspecified atom stereocenters. The number of rotatable bonds is 5. The standard InChI is InChI=1S/C20H16N2O5/c1-13(19(23)21-17-8-4-5-9-18(17)22(25)26)27-20(24)16-11-10-14-6-2-3-7-15(14)12-16/h2-13H,1H3,(H,21,23)/t13-/m1/s1. The SMILES string of the molecule is C[C@@H](OC(=O)c1ccc2ccccc2c1)C(=O)Nc1ccccc1[N+](=O)[O-]. The molecule has 3 aromatic rings. The van der Waals surface area contributed by atoms with Gasteiger partial charge in [-0.1, -0.05) is 42.5 Å². The molecule has 1 N–H and O–H groups in total. The summed E-state index contributed by atoms with van der Waals surface area (Å²) < 4.78 is 5.20. The van der Waals surface area contributed by atoms with E-state index in [1.165, 1.54) is 25.1 Å². The largest absolute Gasteiger partial charge is 0.449 e. The van der Waals surface area contributed by atoms with Crippen LogP contribution in [0, 0.1) is 10.1 Å². The van der Waals surface area contributed by atoms with Crippen molar-refractivity contribution in [2.45, 2.75) is 13.0 Å². The number of carbonyl (C=O) groups is 2. The number of hydrogen-bond donors (Lipinski definition) is 1. The number of nitrogens with one attached hydrogen (secondary N) is 1. The highest BCUT2D eigenvalue weighted by atomic mass is 16.6. The minimum atomic E-state index is -1.12. The fraction of sp³-hybridized carbons (Fsp3) is 0.100. The van der Waals surface area contributed by atoms with Gasteiger partial charge in [0.25, 0.3) is 11.6 Å². The van der Waals surface area contributed by atoms with Gasteiger partial charge in [-0.3, -0.25) is 14.9 Å². The second-order valence-electron chi connectivity index (χ2n) is 5.87. The number of ether oxygens (including phenoxy) is 1. The quantitative estimate of drug-likeness (QED) is 0.420. The van der Waals surface area contributed by atoms with E-state index in [0.717, 1.165) is 10.8 Å². The Labute approximate surface area is 154 Å². The van der Waals surface area contributed by atoms with Crippen molar-refractivity contribution in [2.24, 2.45) is 0 Å². The van der Waals surface area contributed by atoms with Gasteiger partial charge in [0.05, 0.1) is 10.5 Å². The number of carbonyl (C=O) groups excluding carboxylic acids is 2. The zero-order chi connectivity index (χ0) is 19.4. The Bertz CT molecular complexity index is 1030. The van der Waals surface area contributed by atoms with Crippen LogP contribution in [-0.4, -0.2) is 22.9 Å². The first-order valence-electron chi connectivity index (χ1n) is 8.20. The fourth-order valence-electron chi connectivity index (χ4n) is 2.57. The van der Waals surface area contributed by atoms with E-state index in [0.29, 0.717) is 5.56 Å². The summed E-state index contributed by atoms with van der Waals surface area (Å²) in [5.74, 6) is -1.30. The van der Waals surface area contributed by atoms with Crippen LogP contribution in [0.3, 0.4) is 0 Å². The highest BCUT2D eigenvalue weighted by molar-refractivity contribution is 6.00. The molecular weight excluding hydrogens is 348 g/mol. The zero-order valence-electron chi connectivity index (χ0n) is 14.4. The first-order chi connectivity index (χ1) is 13.0. The number of hydrogen-bond acceptors (Lipinski definition) is 5. The second kappa shape index (κ2) is 7.65. The summed E-state index contributed by atoms with van der Waals surface area (Å²) in [6, 6.07) is 18.4. The zero-order valence-corrected chi connectivity index (χ0v) is 14.4. The summed E-state index contributed by atoms with van der Waals surface area (Å²) in [5.41, 5.74) is 0.124. The molecule has 0 spiro atoms. The van der Waals surface area contributed by atoms with Gasteiger partial charge in [-0.05, 0) is 35.9 Å². The summed E-state index contributed by atoms with van der Waals surface area (Å²) in [7, 11) is 0. The molecule has 136 valence electrons. The highest BCUT2D eigenvalue weighted by Gasteiger charge is 2.22. The number of anilines is 1. The highest BCUT2D eigenvalue weighted by Crippen LogP contribution is 2.23. The Balaban J connectivity index is 1.70. The summed E-state index contributed by atoms with van der Waals surface area (Å²) in [6.07, 6.45) is -1.12. The fourth-order valence-corrected chi connectivity index (χ4v) is 2.57. The average Bonchev–Trinajstić information content (AvgIpc) is 2.67. The van der Waals surface area contributed by atoms with E-state index in [1.54, 1.807) is 24.3 Å². The molecule has 0 aliphatic heterocycles. The van der Waals surface area contributed by atoms with Crippen LogP contribution in [0.5, 0.6) is 0 Å². The molecule has 0 saturated heterocycles. The van der Waals surface area contributed by atoms with Gasteiger partial charge in [-0.2, -0.15) is 0 Å². The third-order valence-electron chi connectivity index (χ3n) is 4.00. The van der Waals surface area contributed by atoms with Gasteiger partial charge in [0.15, 0.2) is 6.10 Å². The third-order valence-corrected chi connectivity index (χ3v) is 4.00. The van der Waals surface area contributed by atoms with Crippen molar-refractivity contribution in [1.82, 2.24) is 0 Å². The van der Waals surface area contributed by atoms with Crippen molar-refractivity contribution in [3.8, 4) is 0 Å². The lowest BCUT2D eigenvalue weighted by Gasteiger charge is -2.14. The Morgan fingerprint density at radius 1 is 1.00 bits per heavy atom. The predicted octanol–water partition coefficient (Wildman–Crippen LogP) is 3.93. The van der Waals surface area contributed by atoms with Crippen LogP contribution in [0.15, 0.2) is 66.7 Å². The molecule has 7 heteroatoms. The molecule has 3 aromatic carbocycles. The van der Waals surface area contributed by atoms with Crippen LogP contribution in [0.1, 0.15) is 17.3 Å². The monoisotopic (exact) mass is 364 g/mol. The van der Waals surface area contributed by atoms with E-state index >= 15 is 0 Å². The number of nitrogens with zero attached hydrogens (tertiary/aromatic N) is 1. The van der Waals surface area contributed by atoms with E-state index < -0.39 is 22.9 Å². The molecule has 0 saturated carbocycles. The first-order valence-corrected chi connectivity index (χ1v) is 8.20. The van der Waals surface area contributed by atoms with Crippen LogP contribution in [0.2, 0.25) is 0 Å². The van der Waals surface area contributed by atoms with Gasteiger partial charge in [0.1, 0.15) is 5.69 Å². The Morgan fingerprint density at radius 3 is 2.41 bits per heavy atom. The number of para-hydroxylation sites is 2. The maximum atomic E-state index is 12.3. The van der Waals surface area contributed by atoms with Crippen molar-refractivity contribution in [3.05, 3.63) is 82.4 Å². The van der Waals surface area contributed by atoms with Crippen LogP contribution in [-0.2, 0) is 9.53 Å². The summed E-state index contributed by atoms with van der Waals surface area (Å²) in [4.78, 5) is 35.0. The lowest BCUT2D eigenvalue weighted by molar-refractivity contribution is -0.383. The first kappa shape index (κ1) is 18.1. The third kappa shape index (κ3) is 4.09. The molecule has 0 bridgehead atoms. The Kier molecular flexibility index (Phi) is 5.12. The van der Waals surface area contributed by atoms with E-state index in [-0.39, 0.29) is 11.4 Å². The van der Waals surface area contributed by atoms with E-state index in [4.69, 9.17) is 4.74 Å². The van der Waals surface area contributed by atoms with Crippen LogP contribution < -0.4 is 5.32 Å². The molecule has 0 fully saturated rings. The van der Waals surface area contributed by atoms with Crippen molar-refractivity contribution >= 4 is 34.0 Å². The smallest absolute Gasteiger partial charge is 0.338 e. The van der Waals surface area contributed by atoms with Gasteiger partial charge >= 0.3 is 5.97 Å². The van der Waals surface area contributed by atoms with Crippen LogP contribution in [0.4, 0.5) is 11.4 Å². The minimum Gasteiger partial charge on any atom is -0.449 e. The second-order valence-corrected chi connectivity index (χ2v) is 5.87. The van der Waals surface area contributed by atoms with Gasteiger partial charge in [-0.15, -0.1) is 0 Å². The number of nitro groups is 1. The summed E-state index contributed by atoms with van der Waals surface area (Å²) >= 11 is 0. The molecule has 3 rings (SSSR count). The van der Waals surface area contributed by atoms with Gasteiger partial charge in [-0.25, -0.2) is 4.79 Å². The van der Waals surface area contributed by atoms with E-state index in [1.807, 2.05) is 24.3 Å². The molecule has 7 nitrogen and oxygen atoms in total. The van der Waals surface area contributed by atoms with Crippen molar-refractivity contribution < 1.29 is 19.2 Å². The van der Waals surface area contributed by atoms with E-state index in [9.17, 15) is 19.7 Å². The van der Waals surface area contributed by atoms with Gasteiger partial charge in [0.2, 0.25) is 0 Å². The number of esters is 1. The average molecular weight is 364 g/mol. The predicted molar refractivity (Wildman–Crippen MR) is 101 cm³/mol. The van der Waals surface area contributed by atoms with Crippen LogP contribution in [0.25, 0.3) is 10.8 Å². The number of benzene rings is 3. The maximum absolute atomic E-state index is 12.3.